The summed E-state index contributed by atoms with van der Waals surface area (Å²) in [7, 11) is -1.48. The predicted octanol–water partition coefficient (Wildman–Crippen LogP) is 9.01. The fraction of sp³-hybridized carbons (Fsp3) is 0.281. The molecule has 0 aliphatic carbocycles. The molecule has 35 heavy (non-hydrogen) atoms. The molecule has 0 radical (unpaired) electrons. The van der Waals surface area contributed by atoms with Crippen LogP contribution >= 0.6 is 11.3 Å². The second-order valence-corrected chi connectivity index (χ2v) is 17.2. The molecule has 0 fully saturated rings. The van der Waals surface area contributed by atoms with Crippen molar-refractivity contribution < 1.29 is 1.37 Å². The summed E-state index contributed by atoms with van der Waals surface area (Å²) in [6.45, 7) is 13.8. The Hall–Kier alpha value is -2.75. The SMILES string of the molecule is [2H]C(C)(c1ccccc1)c1ccc2c(c1)sc1c(-c3cc(CC(C)C)c([Si](C)(C)C)cn3)cccc12. The average Bonchev–Trinajstić information content (AvgIpc) is 3.21. The smallest absolute Gasteiger partial charge is 0.0799 e. The van der Waals surface area contributed by atoms with Crippen molar-refractivity contribution in [3.8, 4) is 11.3 Å². The molecule has 0 aliphatic rings. The summed E-state index contributed by atoms with van der Waals surface area (Å²) in [6, 6.07) is 25.6. The first-order chi connectivity index (χ1) is 17.1. The Bertz CT molecular complexity index is 1540. The van der Waals surface area contributed by atoms with Crippen molar-refractivity contribution >= 4 is 44.8 Å². The van der Waals surface area contributed by atoms with Crippen LogP contribution in [-0.4, -0.2) is 13.1 Å². The number of thiophene rings is 1. The molecule has 1 nitrogen and oxygen atoms in total. The maximum absolute atomic E-state index is 9.14. The number of rotatable bonds is 6. The Morgan fingerprint density at radius 2 is 1.63 bits per heavy atom. The van der Waals surface area contributed by atoms with Crippen LogP contribution in [0.4, 0.5) is 0 Å². The molecule has 0 aliphatic heterocycles. The van der Waals surface area contributed by atoms with E-state index < -0.39 is 14.0 Å². The van der Waals surface area contributed by atoms with E-state index >= 15 is 0 Å². The van der Waals surface area contributed by atoms with Crippen LogP contribution in [0.15, 0.2) is 79.0 Å². The van der Waals surface area contributed by atoms with Crippen molar-refractivity contribution in [2.45, 2.75) is 52.7 Å². The van der Waals surface area contributed by atoms with Gasteiger partial charge in [-0.25, -0.2) is 0 Å². The van der Waals surface area contributed by atoms with Crippen molar-refractivity contribution in [3.05, 3.63) is 95.7 Å². The van der Waals surface area contributed by atoms with Gasteiger partial charge in [0.15, 0.2) is 0 Å². The third-order valence-electron chi connectivity index (χ3n) is 6.84. The van der Waals surface area contributed by atoms with Crippen LogP contribution in [0.2, 0.25) is 19.6 Å². The van der Waals surface area contributed by atoms with Crippen molar-refractivity contribution in [1.82, 2.24) is 4.98 Å². The highest BCUT2D eigenvalue weighted by Gasteiger charge is 2.22. The Kier molecular flexibility index (Phi) is 6.07. The molecule has 1 unspecified atom stereocenters. The number of hydrogen-bond acceptors (Lipinski definition) is 2. The van der Waals surface area contributed by atoms with Gasteiger partial charge in [-0.15, -0.1) is 11.3 Å². The quantitative estimate of drug-likeness (QED) is 0.215. The summed E-state index contributed by atoms with van der Waals surface area (Å²) in [5.74, 6) is -0.188. The van der Waals surface area contributed by atoms with E-state index in [0.717, 1.165) is 23.2 Å². The molecule has 3 heteroatoms. The van der Waals surface area contributed by atoms with Gasteiger partial charge >= 0.3 is 0 Å². The zero-order valence-electron chi connectivity index (χ0n) is 22.6. The molecule has 0 N–H and O–H groups in total. The van der Waals surface area contributed by atoms with E-state index in [1.54, 1.807) is 0 Å². The van der Waals surface area contributed by atoms with Crippen LogP contribution in [-0.2, 0) is 6.42 Å². The number of pyridine rings is 1. The van der Waals surface area contributed by atoms with Crippen LogP contribution in [0, 0.1) is 5.92 Å². The van der Waals surface area contributed by atoms with E-state index in [4.69, 9.17) is 6.35 Å². The van der Waals surface area contributed by atoms with Gasteiger partial charge < -0.3 is 0 Å². The number of nitrogens with zero attached hydrogens (tertiary/aromatic N) is 1. The Morgan fingerprint density at radius 3 is 2.34 bits per heavy atom. The lowest BCUT2D eigenvalue weighted by atomic mass is 9.92. The number of fused-ring (bicyclic) bond motifs is 3. The lowest BCUT2D eigenvalue weighted by Gasteiger charge is -2.22. The van der Waals surface area contributed by atoms with Gasteiger partial charge in [-0.1, -0.05) is 101 Å². The summed E-state index contributed by atoms with van der Waals surface area (Å²) < 4.78 is 11.6. The molecule has 0 saturated heterocycles. The van der Waals surface area contributed by atoms with E-state index in [2.05, 4.69) is 82.1 Å². The van der Waals surface area contributed by atoms with Gasteiger partial charge in [0, 0.05) is 39.2 Å². The van der Waals surface area contributed by atoms with E-state index in [1.807, 2.05) is 48.6 Å². The monoisotopic (exact) mass is 494 g/mol. The lowest BCUT2D eigenvalue weighted by Crippen LogP contribution is -2.40. The Labute approximate surface area is 216 Å². The first-order valence-corrected chi connectivity index (χ1v) is 16.9. The molecular formula is C32H35NSSi. The summed E-state index contributed by atoms with van der Waals surface area (Å²) in [4.78, 5) is 5.01. The number of benzene rings is 3. The number of aromatic nitrogens is 1. The largest absolute Gasteiger partial charge is 0.256 e. The predicted molar refractivity (Wildman–Crippen MR) is 158 cm³/mol. The average molecular weight is 495 g/mol. The fourth-order valence-electron chi connectivity index (χ4n) is 5.02. The minimum absolute atomic E-state index is 0.609. The Balaban J connectivity index is 1.65. The van der Waals surface area contributed by atoms with Gasteiger partial charge in [-0.05, 0) is 46.3 Å². The maximum atomic E-state index is 9.14. The standard InChI is InChI=1S/C32H35NSSi/c1-21(2)17-25-18-29(33-20-31(25)35(4,5)6)28-14-10-13-27-26-16-15-24(19-30(26)34-32(27)28)22(3)23-11-8-7-9-12-23/h7-16,18-22H,17H2,1-6H3/i22D. The molecule has 0 spiro atoms. The highest BCUT2D eigenvalue weighted by molar-refractivity contribution is 7.26. The maximum Gasteiger partial charge on any atom is 0.0799 e. The zero-order chi connectivity index (χ0) is 25.7. The third-order valence-corrected chi connectivity index (χ3v) is 10.1. The fourth-order valence-corrected chi connectivity index (χ4v) is 7.87. The van der Waals surface area contributed by atoms with Gasteiger partial charge in [0.05, 0.1) is 13.8 Å². The van der Waals surface area contributed by atoms with Gasteiger partial charge in [0.2, 0.25) is 0 Å². The van der Waals surface area contributed by atoms with Crippen LogP contribution in [0.5, 0.6) is 0 Å². The van der Waals surface area contributed by atoms with E-state index in [1.165, 1.54) is 36.5 Å². The van der Waals surface area contributed by atoms with Crippen LogP contribution in [0.1, 0.15) is 44.7 Å². The third kappa shape index (κ3) is 4.72. The van der Waals surface area contributed by atoms with Gasteiger partial charge in [-0.3, -0.25) is 4.98 Å². The molecule has 0 saturated carbocycles. The molecule has 2 aromatic heterocycles. The van der Waals surface area contributed by atoms with Gasteiger partial charge in [-0.2, -0.15) is 0 Å². The summed E-state index contributed by atoms with van der Waals surface area (Å²) in [5.41, 5.74) is 5.77. The molecule has 1 atom stereocenters. The van der Waals surface area contributed by atoms with E-state index in [-0.39, 0.29) is 0 Å². The molecule has 0 bridgehead atoms. The van der Waals surface area contributed by atoms with Gasteiger partial charge in [0.1, 0.15) is 0 Å². The van der Waals surface area contributed by atoms with Crippen molar-refractivity contribution in [1.29, 1.82) is 0 Å². The Morgan fingerprint density at radius 1 is 0.857 bits per heavy atom. The molecule has 5 aromatic rings. The highest BCUT2D eigenvalue weighted by atomic mass is 32.1. The molecule has 178 valence electrons. The zero-order valence-corrected chi connectivity index (χ0v) is 23.5. The topological polar surface area (TPSA) is 12.9 Å². The minimum Gasteiger partial charge on any atom is -0.256 e. The second-order valence-electron chi connectivity index (χ2n) is 11.1. The first-order valence-electron chi connectivity index (χ1n) is 13.1. The first kappa shape index (κ1) is 22.7. The molecule has 3 aromatic carbocycles. The van der Waals surface area contributed by atoms with E-state index in [9.17, 15) is 0 Å². The van der Waals surface area contributed by atoms with Gasteiger partial charge in [0.25, 0.3) is 0 Å². The van der Waals surface area contributed by atoms with Crippen LogP contribution in [0.3, 0.4) is 0 Å². The van der Waals surface area contributed by atoms with Crippen LogP contribution < -0.4 is 5.19 Å². The lowest BCUT2D eigenvalue weighted by molar-refractivity contribution is 0.649. The summed E-state index contributed by atoms with van der Waals surface area (Å²) in [5, 5.41) is 4.00. The number of hydrogen-bond donors (Lipinski definition) is 0. The normalized spacial score (nSPS) is 14.4. The molecule has 2 heterocycles. The molecule has 5 rings (SSSR count). The van der Waals surface area contributed by atoms with Crippen LogP contribution in [0.25, 0.3) is 31.4 Å². The molecule has 0 amide bonds. The van der Waals surface area contributed by atoms with Crippen molar-refractivity contribution in [2.24, 2.45) is 5.92 Å². The van der Waals surface area contributed by atoms with Crippen molar-refractivity contribution in [3.63, 3.8) is 0 Å². The second kappa shape index (κ2) is 9.37. The molecular weight excluding hydrogens is 459 g/mol. The van der Waals surface area contributed by atoms with Crippen molar-refractivity contribution in [2.75, 3.05) is 0 Å². The van der Waals surface area contributed by atoms with E-state index in [0.29, 0.717) is 5.92 Å². The minimum atomic E-state index is -1.48. The highest BCUT2D eigenvalue weighted by Crippen LogP contribution is 2.41. The summed E-state index contributed by atoms with van der Waals surface area (Å²) in [6.07, 6.45) is 3.25. The summed E-state index contributed by atoms with van der Waals surface area (Å²) >= 11 is 1.82.